The first-order valence-corrected chi connectivity index (χ1v) is 7.29. The molecule has 2 rings (SSSR count). The van der Waals surface area contributed by atoms with Gasteiger partial charge in [-0.3, -0.25) is 10.1 Å². The number of nitrogens with one attached hydrogen (secondary N) is 2. The van der Waals surface area contributed by atoms with Gasteiger partial charge in [0.05, 0.1) is 11.0 Å². The first-order chi connectivity index (χ1) is 7.75. The first kappa shape index (κ1) is 11.9. The van der Waals surface area contributed by atoms with Crippen molar-refractivity contribution in [3.05, 3.63) is 16.1 Å². The highest BCUT2D eigenvalue weighted by Crippen LogP contribution is 2.10. The van der Waals surface area contributed by atoms with E-state index in [9.17, 15) is 4.79 Å². The Hall–Kier alpha value is -0.590. The van der Waals surface area contributed by atoms with Crippen LogP contribution in [0.15, 0.2) is 5.38 Å². The molecule has 88 valence electrons. The fraction of sp³-hybridized carbons (Fsp3) is 0.600. The van der Waals surface area contributed by atoms with Crippen LogP contribution in [0.3, 0.4) is 0 Å². The predicted molar refractivity (Wildman–Crippen MR) is 67.8 cm³/mol. The van der Waals surface area contributed by atoms with E-state index < -0.39 is 0 Å². The highest BCUT2D eigenvalue weighted by Gasteiger charge is 2.21. The number of amides is 1. The zero-order valence-electron chi connectivity index (χ0n) is 9.16. The minimum absolute atomic E-state index is 0.0111. The van der Waals surface area contributed by atoms with Crippen molar-refractivity contribution < 1.29 is 4.79 Å². The molecule has 1 aromatic heterocycles. The summed E-state index contributed by atoms with van der Waals surface area (Å²) in [4.78, 5) is 16.0. The van der Waals surface area contributed by atoms with Gasteiger partial charge in [0.15, 0.2) is 0 Å². The third-order valence-electron chi connectivity index (χ3n) is 2.34. The monoisotopic (exact) mass is 257 g/mol. The van der Waals surface area contributed by atoms with Crippen molar-refractivity contribution in [2.24, 2.45) is 0 Å². The Balaban J connectivity index is 1.69. The van der Waals surface area contributed by atoms with Gasteiger partial charge < -0.3 is 5.32 Å². The molecule has 1 aromatic rings. The average molecular weight is 257 g/mol. The molecule has 0 saturated carbocycles. The van der Waals surface area contributed by atoms with Crippen molar-refractivity contribution in [3.63, 3.8) is 0 Å². The van der Waals surface area contributed by atoms with Gasteiger partial charge in [0.1, 0.15) is 0 Å². The fourth-order valence-electron chi connectivity index (χ4n) is 1.50. The lowest BCUT2D eigenvalue weighted by Gasteiger charge is -2.09. The Morgan fingerprint density at radius 3 is 3.25 bits per heavy atom. The summed E-state index contributed by atoms with van der Waals surface area (Å²) < 4.78 is 0. The molecule has 1 atom stereocenters. The SMILES string of the molecule is Cc1csc(CCNC(=O)C2CSCN2)n1. The molecule has 0 aliphatic carbocycles. The number of aromatic nitrogens is 1. The third kappa shape index (κ3) is 3.20. The van der Waals surface area contributed by atoms with Gasteiger partial charge in [-0.15, -0.1) is 23.1 Å². The summed E-state index contributed by atoms with van der Waals surface area (Å²) in [5, 5.41) is 9.20. The Morgan fingerprint density at radius 2 is 2.62 bits per heavy atom. The van der Waals surface area contributed by atoms with Crippen molar-refractivity contribution in [1.29, 1.82) is 0 Å². The van der Waals surface area contributed by atoms with Crippen LogP contribution in [0.2, 0.25) is 0 Å². The maximum atomic E-state index is 11.6. The summed E-state index contributed by atoms with van der Waals surface area (Å²) in [6.07, 6.45) is 0.824. The molecule has 1 aliphatic rings. The number of thiazole rings is 1. The highest BCUT2D eigenvalue weighted by molar-refractivity contribution is 7.99. The van der Waals surface area contributed by atoms with Crippen molar-refractivity contribution in [1.82, 2.24) is 15.6 Å². The summed E-state index contributed by atoms with van der Waals surface area (Å²) in [5.74, 6) is 1.87. The minimum atomic E-state index is -0.0111. The summed E-state index contributed by atoms with van der Waals surface area (Å²) in [5.41, 5.74) is 1.06. The molecule has 1 saturated heterocycles. The predicted octanol–water partition coefficient (Wildman–Crippen LogP) is 0.773. The zero-order valence-corrected chi connectivity index (χ0v) is 10.8. The van der Waals surface area contributed by atoms with Crippen LogP contribution < -0.4 is 10.6 Å². The van der Waals surface area contributed by atoms with E-state index in [2.05, 4.69) is 15.6 Å². The molecule has 0 radical (unpaired) electrons. The molecular formula is C10H15N3OS2. The van der Waals surface area contributed by atoms with Crippen molar-refractivity contribution in [2.75, 3.05) is 18.2 Å². The lowest BCUT2D eigenvalue weighted by atomic mass is 10.3. The summed E-state index contributed by atoms with van der Waals surface area (Å²) >= 11 is 3.41. The van der Waals surface area contributed by atoms with Crippen LogP contribution in [0.5, 0.6) is 0 Å². The smallest absolute Gasteiger partial charge is 0.238 e. The topological polar surface area (TPSA) is 54.0 Å². The molecule has 0 bridgehead atoms. The van der Waals surface area contributed by atoms with E-state index >= 15 is 0 Å². The molecule has 16 heavy (non-hydrogen) atoms. The van der Waals surface area contributed by atoms with E-state index in [1.165, 1.54) is 0 Å². The Kier molecular flexibility index (Phi) is 4.20. The molecule has 1 fully saturated rings. The fourth-order valence-corrected chi connectivity index (χ4v) is 3.21. The normalized spacial score (nSPS) is 19.9. The number of aryl methyl sites for hydroxylation is 1. The van der Waals surface area contributed by atoms with Gasteiger partial charge in [-0.05, 0) is 6.92 Å². The van der Waals surface area contributed by atoms with Crippen LogP contribution in [0.4, 0.5) is 0 Å². The summed E-state index contributed by atoms with van der Waals surface area (Å²) in [7, 11) is 0. The van der Waals surface area contributed by atoms with E-state index in [1.807, 2.05) is 12.3 Å². The van der Waals surface area contributed by atoms with Crippen LogP contribution in [0.1, 0.15) is 10.7 Å². The lowest BCUT2D eigenvalue weighted by Crippen LogP contribution is -2.42. The van der Waals surface area contributed by atoms with Crippen LogP contribution in [-0.4, -0.2) is 35.1 Å². The molecule has 6 heteroatoms. The first-order valence-electron chi connectivity index (χ1n) is 5.25. The van der Waals surface area contributed by atoms with Gasteiger partial charge in [-0.25, -0.2) is 4.98 Å². The van der Waals surface area contributed by atoms with Gasteiger partial charge in [-0.2, -0.15) is 0 Å². The molecule has 1 aliphatic heterocycles. The lowest BCUT2D eigenvalue weighted by molar-refractivity contribution is -0.122. The molecule has 1 amide bonds. The number of rotatable bonds is 4. The summed E-state index contributed by atoms with van der Waals surface area (Å²) in [6.45, 7) is 2.66. The van der Waals surface area contributed by atoms with Gasteiger partial charge in [0.2, 0.25) is 5.91 Å². The van der Waals surface area contributed by atoms with Gasteiger partial charge in [-0.1, -0.05) is 0 Å². The second-order valence-electron chi connectivity index (χ2n) is 3.70. The van der Waals surface area contributed by atoms with E-state index in [4.69, 9.17) is 0 Å². The largest absolute Gasteiger partial charge is 0.354 e. The van der Waals surface area contributed by atoms with Crippen LogP contribution in [0.25, 0.3) is 0 Å². The molecule has 2 heterocycles. The zero-order chi connectivity index (χ0) is 11.4. The average Bonchev–Trinajstić information content (AvgIpc) is 2.89. The number of thioether (sulfide) groups is 1. The molecule has 4 nitrogen and oxygen atoms in total. The number of hydrogen-bond acceptors (Lipinski definition) is 5. The number of nitrogens with zero attached hydrogens (tertiary/aromatic N) is 1. The maximum Gasteiger partial charge on any atom is 0.238 e. The van der Waals surface area contributed by atoms with Crippen molar-refractivity contribution in [2.45, 2.75) is 19.4 Å². The Bertz CT molecular complexity index is 361. The van der Waals surface area contributed by atoms with Gasteiger partial charge >= 0.3 is 0 Å². The number of carbonyl (C=O) groups is 1. The standard InChI is InChI=1S/C10H15N3OS2/c1-7-4-16-9(13-7)2-3-11-10(14)8-5-15-6-12-8/h4,8,12H,2-3,5-6H2,1H3,(H,11,14). The third-order valence-corrected chi connectivity index (χ3v) is 4.30. The van der Waals surface area contributed by atoms with Gasteiger partial charge in [0, 0.05) is 35.7 Å². The van der Waals surface area contributed by atoms with E-state index in [0.29, 0.717) is 6.54 Å². The summed E-state index contributed by atoms with van der Waals surface area (Å²) in [6, 6.07) is -0.0111. The van der Waals surface area contributed by atoms with Crippen molar-refractivity contribution >= 4 is 29.0 Å². The van der Waals surface area contributed by atoms with Gasteiger partial charge in [0.25, 0.3) is 0 Å². The van der Waals surface area contributed by atoms with E-state index in [-0.39, 0.29) is 11.9 Å². The molecule has 0 spiro atoms. The molecule has 0 aromatic carbocycles. The number of hydrogen-bond donors (Lipinski definition) is 2. The maximum absolute atomic E-state index is 11.6. The quantitative estimate of drug-likeness (QED) is 0.837. The molecule has 1 unspecified atom stereocenters. The molecular weight excluding hydrogens is 242 g/mol. The Morgan fingerprint density at radius 1 is 1.75 bits per heavy atom. The van der Waals surface area contributed by atoms with Crippen LogP contribution >= 0.6 is 23.1 Å². The van der Waals surface area contributed by atoms with Crippen LogP contribution in [-0.2, 0) is 11.2 Å². The second-order valence-corrected chi connectivity index (χ2v) is 5.67. The minimum Gasteiger partial charge on any atom is -0.354 e. The van der Waals surface area contributed by atoms with Crippen molar-refractivity contribution in [3.8, 4) is 0 Å². The highest BCUT2D eigenvalue weighted by atomic mass is 32.2. The van der Waals surface area contributed by atoms with Crippen LogP contribution in [0, 0.1) is 6.92 Å². The van der Waals surface area contributed by atoms with E-state index in [0.717, 1.165) is 28.8 Å². The molecule has 2 N–H and O–H groups in total. The number of carbonyl (C=O) groups excluding carboxylic acids is 1. The van der Waals surface area contributed by atoms with E-state index in [1.54, 1.807) is 23.1 Å². The second kappa shape index (κ2) is 5.65. The Labute approximate surface area is 103 Å².